The third-order valence-electron chi connectivity index (χ3n) is 2.06. The molecule has 1 atom stereocenters. The first-order valence-corrected chi connectivity index (χ1v) is 4.87. The molecule has 0 radical (unpaired) electrons. The van der Waals surface area contributed by atoms with Gasteiger partial charge in [-0.2, -0.15) is 0 Å². The second-order valence-corrected chi connectivity index (χ2v) is 3.69. The second kappa shape index (κ2) is 6.70. The molecular weight excluding hydrogens is 251 g/mol. The van der Waals surface area contributed by atoms with Crippen molar-refractivity contribution in [3.63, 3.8) is 0 Å². The molecule has 5 N–H and O–H groups in total. The van der Waals surface area contributed by atoms with Crippen LogP contribution in [0.4, 0.5) is 0 Å². The highest BCUT2D eigenvalue weighted by atomic mass is 35.5. The summed E-state index contributed by atoms with van der Waals surface area (Å²) in [6, 6.07) is 4.62. The van der Waals surface area contributed by atoms with Crippen molar-refractivity contribution in [2.24, 2.45) is 11.5 Å². The molecule has 1 aromatic carbocycles. The molecule has 1 unspecified atom stereocenters. The molecule has 1 amide bonds. The van der Waals surface area contributed by atoms with E-state index in [2.05, 4.69) is 0 Å². The van der Waals surface area contributed by atoms with Gasteiger partial charge in [-0.05, 0) is 18.1 Å². The Labute approximate surface area is 105 Å². The summed E-state index contributed by atoms with van der Waals surface area (Å²) in [6.07, 6.45) is 0.370. The lowest BCUT2D eigenvalue weighted by Gasteiger charge is -2.11. The first-order chi connectivity index (χ1) is 7.06. The van der Waals surface area contributed by atoms with Crippen LogP contribution in [0.2, 0.25) is 5.02 Å². The number of aliphatic hydroxyl groups excluding tert-OH is 1. The minimum atomic E-state index is -0.583. The molecule has 0 saturated heterocycles. The summed E-state index contributed by atoms with van der Waals surface area (Å²) in [7, 11) is 0. The van der Waals surface area contributed by atoms with Gasteiger partial charge in [0.2, 0.25) is 5.91 Å². The van der Waals surface area contributed by atoms with Crippen molar-refractivity contribution < 1.29 is 9.90 Å². The number of hydrogen-bond acceptors (Lipinski definition) is 3. The van der Waals surface area contributed by atoms with Crippen LogP contribution >= 0.6 is 24.0 Å². The van der Waals surface area contributed by atoms with Gasteiger partial charge in [0.15, 0.2) is 0 Å². The predicted molar refractivity (Wildman–Crippen MR) is 66.0 cm³/mol. The van der Waals surface area contributed by atoms with Crippen LogP contribution < -0.4 is 11.5 Å². The summed E-state index contributed by atoms with van der Waals surface area (Å²) in [5, 5.41) is 9.13. The van der Waals surface area contributed by atoms with E-state index in [0.717, 1.165) is 0 Å². The van der Waals surface area contributed by atoms with Crippen molar-refractivity contribution in [2.45, 2.75) is 12.5 Å². The van der Waals surface area contributed by atoms with Gasteiger partial charge in [-0.15, -0.1) is 12.4 Å². The van der Waals surface area contributed by atoms with Gasteiger partial charge in [0.25, 0.3) is 0 Å². The fourth-order valence-electron chi connectivity index (χ4n) is 1.36. The Hall–Kier alpha value is -0.810. The lowest BCUT2D eigenvalue weighted by Crippen LogP contribution is -2.28. The van der Waals surface area contributed by atoms with Gasteiger partial charge in [-0.25, -0.2) is 0 Å². The first kappa shape index (κ1) is 15.2. The molecule has 90 valence electrons. The number of nitrogens with two attached hydrogens (primary N) is 2. The number of hydrogen-bond donors (Lipinski definition) is 3. The average molecular weight is 265 g/mol. The summed E-state index contributed by atoms with van der Waals surface area (Å²) in [4.78, 5) is 11.1. The molecule has 1 rings (SSSR count). The van der Waals surface area contributed by atoms with Crippen molar-refractivity contribution >= 4 is 29.9 Å². The van der Waals surface area contributed by atoms with Gasteiger partial charge >= 0.3 is 0 Å². The van der Waals surface area contributed by atoms with Crippen LogP contribution in [-0.2, 0) is 6.42 Å². The van der Waals surface area contributed by atoms with Crippen LogP contribution in [0.25, 0.3) is 0 Å². The zero-order chi connectivity index (χ0) is 11.4. The van der Waals surface area contributed by atoms with E-state index in [1.807, 2.05) is 0 Å². The molecule has 0 bridgehead atoms. The fraction of sp³-hybridized carbons (Fsp3) is 0.300. The van der Waals surface area contributed by atoms with Crippen LogP contribution in [0.5, 0.6) is 0 Å². The highest BCUT2D eigenvalue weighted by Gasteiger charge is 2.14. The number of primary amides is 1. The van der Waals surface area contributed by atoms with E-state index in [-0.39, 0.29) is 24.6 Å². The molecule has 0 aromatic heterocycles. The fourth-order valence-corrected chi connectivity index (χ4v) is 1.65. The van der Waals surface area contributed by atoms with Gasteiger partial charge in [-0.1, -0.05) is 23.7 Å². The van der Waals surface area contributed by atoms with Crippen molar-refractivity contribution in [3.05, 3.63) is 34.3 Å². The quantitative estimate of drug-likeness (QED) is 0.749. The Morgan fingerprint density at radius 1 is 1.50 bits per heavy atom. The summed E-state index contributed by atoms with van der Waals surface area (Å²) >= 11 is 5.85. The van der Waals surface area contributed by atoms with Crippen LogP contribution in [0.1, 0.15) is 15.9 Å². The van der Waals surface area contributed by atoms with Crippen molar-refractivity contribution in [2.75, 3.05) is 6.61 Å². The van der Waals surface area contributed by atoms with Crippen LogP contribution in [-0.4, -0.2) is 23.7 Å². The minimum absolute atomic E-state index is 0. The zero-order valence-corrected chi connectivity index (χ0v) is 10.1. The SMILES string of the molecule is Cl.NC(=O)c1c(Cl)cccc1CC(N)CO. The molecular formula is C10H14Cl2N2O2. The molecule has 0 aliphatic heterocycles. The molecule has 1 aromatic rings. The Morgan fingerprint density at radius 3 is 2.62 bits per heavy atom. The molecule has 0 saturated carbocycles. The van der Waals surface area contributed by atoms with E-state index >= 15 is 0 Å². The summed E-state index contributed by atoms with van der Waals surface area (Å²) in [5.41, 5.74) is 11.7. The third kappa shape index (κ3) is 3.64. The van der Waals surface area contributed by atoms with E-state index in [1.54, 1.807) is 18.2 Å². The smallest absolute Gasteiger partial charge is 0.250 e. The van der Waals surface area contributed by atoms with Crippen LogP contribution in [0.15, 0.2) is 18.2 Å². The van der Waals surface area contributed by atoms with Crippen molar-refractivity contribution in [1.82, 2.24) is 0 Å². The van der Waals surface area contributed by atoms with E-state index in [1.165, 1.54) is 0 Å². The van der Waals surface area contributed by atoms with Crippen LogP contribution in [0, 0.1) is 0 Å². The maximum Gasteiger partial charge on any atom is 0.250 e. The summed E-state index contributed by atoms with van der Waals surface area (Å²) in [5.74, 6) is -0.583. The van der Waals surface area contributed by atoms with E-state index in [9.17, 15) is 4.79 Å². The Bertz CT molecular complexity index is 372. The number of aliphatic hydroxyl groups is 1. The Morgan fingerprint density at radius 2 is 2.12 bits per heavy atom. The van der Waals surface area contributed by atoms with Gasteiger partial charge in [0.1, 0.15) is 0 Å². The summed E-state index contributed by atoms with van der Waals surface area (Å²) < 4.78 is 0. The molecule has 4 nitrogen and oxygen atoms in total. The highest BCUT2D eigenvalue weighted by molar-refractivity contribution is 6.34. The molecule has 6 heteroatoms. The minimum Gasteiger partial charge on any atom is -0.395 e. The van der Waals surface area contributed by atoms with Gasteiger partial charge in [0, 0.05) is 6.04 Å². The number of halogens is 2. The maximum absolute atomic E-state index is 11.1. The Balaban J connectivity index is 0.00000225. The van der Waals surface area contributed by atoms with Crippen molar-refractivity contribution in [1.29, 1.82) is 0 Å². The van der Waals surface area contributed by atoms with E-state index in [0.29, 0.717) is 17.0 Å². The van der Waals surface area contributed by atoms with Gasteiger partial charge in [-0.3, -0.25) is 4.79 Å². The van der Waals surface area contributed by atoms with E-state index in [4.69, 9.17) is 28.2 Å². The average Bonchev–Trinajstić information content (AvgIpc) is 2.17. The molecule has 0 aliphatic rings. The largest absolute Gasteiger partial charge is 0.395 e. The zero-order valence-electron chi connectivity index (χ0n) is 8.52. The lowest BCUT2D eigenvalue weighted by molar-refractivity contribution is 0.0999. The topological polar surface area (TPSA) is 89.3 Å². The molecule has 0 spiro atoms. The third-order valence-corrected chi connectivity index (χ3v) is 2.38. The lowest BCUT2D eigenvalue weighted by atomic mass is 10.0. The molecule has 0 aliphatic carbocycles. The number of rotatable bonds is 4. The maximum atomic E-state index is 11.1. The predicted octanol–water partition coefficient (Wildman–Crippen LogP) is 0.723. The molecule has 0 heterocycles. The first-order valence-electron chi connectivity index (χ1n) is 4.50. The number of benzene rings is 1. The van der Waals surface area contributed by atoms with E-state index < -0.39 is 11.9 Å². The monoisotopic (exact) mass is 264 g/mol. The molecule has 16 heavy (non-hydrogen) atoms. The summed E-state index contributed by atoms with van der Waals surface area (Å²) in [6.45, 7) is -0.148. The number of carbonyl (C=O) groups excluding carboxylic acids is 1. The van der Waals surface area contributed by atoms with Crippen molar-refractivity contribution in [3.8, 4) is 0 Å². The number of carbonyl (C=O) groups is 1. The van der Waals surface area contributed by atoms with Gasteiger partial charge in [0.05, 0.1) is 17.2 Å². The standard InChI is InChI=1S/C10H13ClN2O2.ClH/c11-8-3-1-2-6(4-7(12)5-14)9(8)10(13)15;/h1-3,7,14H,4-5,12H2,(H2,13,15);1H. The highest BCUT2D eigenvalue weighted by Crippen LogP contribution is 2.20. The Kier molecular flexibility index (Phi) is 6.36. The molecule has 0 fully saturated rings. The second-order valence-electron chi connectivity index (χ2n) is 3.28. The van der Waals surface area contributed by atoms with Crippen LogP contribution in [0.3, 0.4) is 0 Å². The number of amides is 1. The van der Waals surface area contributed by atoms with Gasteiger partial charge < -0.3 is 16.6 Å². The normalized spacial score (nSPS) is 11.7.